The predicted molar refractivity (Wildman–Crippen MR) is 100 cm³/mol. The second-order valence-corrected chi connectivity index (χ2v) is 7.33. The summed E-state index contributed by atoms with van der Waals surface area (Å²) >= 11 is 1.29. The normalized spacial score (nSPS) is 17.3. The number of likely N-dealkylation sites (tertiary alicyclic amines) is 1. The Morgan fingerprint density at radius 1 is 1.35 bits per heavy atom. The van der Waals surface area contributed by atoms with Gasteiger partial charge in [-0.05, 0) is 24.8 Å². The number of benzene rings is 1. The molecule has 1 aliphatic heterocycles. The fourth-order valence-electron chi connectivity index (χ4n) is 2.99. The van der Waals surface area contributed by atoms with Crippen molar-refractivity contribution in [2.24, 2.45) is 11.7 Å². The van der Waals surface area contributed by atoms with Crippen LogP contribution in [0.5, 0.6) is 0 Å². The minimum absolute atomic E-state index is 0.0143. The summed E-state index contributed by atoms with van der Waals surface area (Å²) in [5.74, 6) is 0.355. The van der Waals surface area contributed by atoms with Crippen LogP contribution in [0.1, 0.15) is 25.3 Å². The van der Waals surface area contributed by atoms with E-state index in [1.54, 1.807) is 4.90 Å². The molecule has 1 aromatic carbocycles. The van der Waals surface area contributed by atoms with Gasteiger partial charge in [-0.2, -0.15) is 0 Å². The van der Waals surface area contributed by atoms with E-state index in [0.29, 0.717) is 24.1 Å². The Hall–Kier alpha value is -2.35. The van der Waals surface area contributed by atoms with Gasteiger partial charge in [-0.15, -0.1) is 5.10 Å². The first-order chi connectivity index (χ1) is 12.6. The van der Waals surface area contributed by atoms with Gasteiger partial charge < -0.3 is 10.6 Å². The number of carbonyl (C=O) groups excluding carboxylic acids is 2. The molecule has 3 N–H and O–H groups in total. The third-order valence-corrected chi connectivity index (χ3v) is 5.43. The summed E-state index contributed by atoms with van der Waals surface area (Å²) in [4.78, 5) is 29.9. The first kappa shape index (κ1) is 18.4. The lowest BCUT2D eigenvalue weighted by Crippen LogP contribution is -2.44. The molecule has 138 valence electrons. The molecule has 1 aliphatic rings. The highest BCUT2D eigenvalue weighted by Crippen LogP contribution is 2.22. The lowest BCUT2D eigenvalue weighted by Gasteiger charge is -2.31. The number of primary amides is 1. The molecule has 1 aromatic heterocycles. The van der Waals surface area contributed by atoms with Crippen LogP contribution in [-0.2, 0) is 16.0 Å². The van der Waals surface area contributed by atoms with Crippen LogP contribution in [0.15, 0.2) is 29.4 Å². The van der Waals surface area contributed by atoms with E-state index in [2.05, 4.69) is 34.2 Å². The maximum atomic E-state index is 12.4. The zero-order chi connectivity index (χ0) is 18.5. The number of hydrogen-bond donors (Lipinski definition) is 2. The second kappa shape index (κ2) is 8.35. The van der Waals surface area contributed by atoms with Crippen molar-refractivity contribution in [3.8, 4) is 11.4 Å². The Morgan fingerprint density at radius 2 is 2.12 bits per heavy atom. The SMILES string of the molecule is CCc1ccc(-c2nc(SCC(=O)N3CCC[C@@H](C(N)=O)C3)n[nH]2)cc1. The van der Waals surface area contributed by atoms with Crippen molar-refractivity contribution < 1.29 is 9.59 Å². The summed E-state index contributed by atoms with van der Waals surface area (Å²) in [5, 5.41) is 7.63. The number of aromatic amines is 1. The largest absolute Gasteiger partial charge is 0.369 e. The third-order valence-electron chi connectivity index (χ3n) is 4.60. The van der Waals surface area contributed by atoms with E-state index in [0.717, 1.165) is 24.8 Å². The van der Waals surface area contributed by atoms with E-state index in [-0.39, 0.29) is 23.5 Å². The van der Waals surface area contributed by atoms with Crippen molar-refractivity contribution in [2.45, 2.75) is 31.3 Å². The van der Waals surface area contributed by atoms with Gasteiger partial charge in [-0.1, -0.05) is 43.0 Å². The predicted octanol–water partition coefficient (Wildman–Crippen LogP) is 1.85. The highest BCUT2D eigenvalue weighted by atomic mass is 32.2. The number of H-pyrrole nitrogens is 1. The maximum Gasteiger partial charge on any atom is 0.233 e. The number of nitrogens with two attached hydrogens (primary N) is 1. The summed E-state index contributed by atoms with van der Waals surface area (Å²) in [6.07, 6.45) is 2.56. The summed E-state index contributed by atoms with van der Waals surface area (Å²) in [5.41, 5.74) is 7.60. The van der Waals surface area contributed by atoms with Crippen LogP contribution >= 0.6 is 11.8 Å². The minimum atomic E-state index is -0.331. The summed E-state index contributed by atoms with van der Waals surface area (Å²) in [6, 6.07) is 8.16. The molecule has 7 nitrogen and oxygen atoms in total. The molecule has 0 saturated carbocycles. The van der Waals surface area contributed by atoms with E-state index in [1.807, 2.05) is 12.1 Å². The topological polar surface area (TPSA) is 105 Å². The molecule has 8 heteroatoms. The van der Waals surface area contributed by atoms with Crippen LogP contribution in [-0.4, -0.2) is 50.7 Å². The zero-order valence-corrected chi connectivity index (χ0v) is 15.6. The molecule has 2 aromatic rings. The fourth-order valence-corrected chi connectivity index (χ4v) is 3.69. The maximum absolute atomic E-state index is 12.4. The molecule has 1 atom stereocenters. The number of piperidine rings is 1. The summed E-state index contributed by atoms with van der Waals surface area (Å²) in [6.45, 7) is 3.20. The Morgan fingerprint density at radius 3 is 2.81 bits per heavy atom. The van der Waals surface area contributed by atoms with Gasteiger partial charge in [-0.3, -0.25) is 14.7 Å². The summed E-state index contributed by atoms with van der Waals surface area (Å²) < 4.78 is 0. The van der Waals surface area contributed by atoms with E-state index < -0.39 is 0 Å². The first-order valence-corrected chi connectivity index (χ1v) is 9.77. The Bertz CT molecular complexity index is 774. The molecule has 3 rings (SSSR count). The standard InChI is InChI=1S/C18H23N5O2S/c1-2-12-5-7-13(8-6-12)17-20-18(22-21-17)26-11-15(24)23-9-3-4-14(10-23)16(19)25/h5-8,14H,2-4,9-11H2,1H3,(H2,19,25)(H,20,21,22)/t14-/m1/s1. The van der Waals surface area contributed by atoms with Gasteiger partial charge >= 0.3 is 0 Å². The lowest BCUT2D eigenvalue weighted by atomic mass is 9.97. The molecule has 0 spiro atoms. The van der Waals surface area contributed by atoms with Crippen LogP contribution in [0.3, 0.4) is 0 Å². The molecular weight excluding hydrogens is 350 g/mol. The third kappa shape index (κ3) is 4.43. The van der Waals surface area contributed by atoms with Gasteiger partial charge in [0, 0.05) is 18.7 Å². The van der Waals surface area contributed by atoms with Crippen molar-refractivity contribution in [3.63, 3.8) is 0 Å². The van der Waals surface area contributed by atoms with E-state index in [1.165, 1.54) is 17.3 Å². The van der Waals surface area contributed by atoms with Crippen molar-refractivity contribution in [3.05, 3.63) is 29.8 Å². The van der Waals surface area contributed by atoms with Crippen LogP contribution in [0, 0.1) is 5.92 Å². The zero-order valence-electron chi connectivity index (χ0n) is 14.8. The van der Waals surface area contributed by atoms with Gasteiger partial charge in [0.15, 0.2) is 5.82 Å². The highest BCUT2D eigenvalue weighted by Gasteiger charge is 2.27. The van der Waals surface area contributed by atoms with Crippen molar-refractivity contribution >= 4 is 23.6 Å². The number of carbonyl (C=O) groups is 2. The number of rotatable bonds is 6. The highest BCUT2D eigenvalue weighted by molar-refractivity contribution is 7.99. The van der Waals surface area contributed by atoms with Crippen LogP contribution in [0.4, 0.5) is 0 Å². The van der Waals surface area contributed by atoms with Crippen LogP contribution in [0.2, 0.25) is 0 Å². The van der Waals surface area contributed by atoms with Crippen molar-refractivity contribution in [1.29, 1.82) is 0 Å². The molecule has 2 heterocycles. The van der Waals surface area contributed by atoms with E-state index in [4.69, 9.17) is 5.73 Å². The number of aromatic nitrogens is 3. The number of nitrogens with zero attached hydrogens (tertiary/aromatic N) is 3. The number of hydrogen-bond acceptors (Lipinski definition) is 5. The number of amides is 2. The van der Waals surface area contributed by atoms with Crippen LogP contribution in [0.25, 0.3) is 11.4 Å². The van der Waals surface area contributed by atoms with Gasteiger partial charge in [0.2, 0.25) is 17.0 Å². The smallest absolute Gasteiger partial charge is 0.233 e. The average Bonchev–Trinajstić information content (AvgIpc) is 3.15. The van der Waals surface area contributed by atoms with E-state index >= 15 is 0 Å². The molecule has 1 saturated heterocycles. The van der Waals surface area contributed by atoms with E-state index in [9.17, 15) is 9.59 Å². The molecule has 0 bridgehead atoms. The molecule has 0 unspecified atom stereocenters. The monoisotopic (exact) mass is 373 g/mol. The molecule has 2 amide bonds. The molecule has 1 fully saturated rings. The molecule has 0 aliphatic carbocycles. The fraction of sp³-hybridized carbons (Fsp3) is 0.444. The number of aryl methyl sites for hydroxylation is 1. The van der Waals surface area contributed by atoms with Crippen molar-refractivity contribution in [1.82, 2.24) is 20.1 Å². The summed E-state index contributed by atoms with van der Waals surface area (Å²) in [7, 11) is 0. The number of thioether (sulfide) groups is 1. The lowest BCUT2D eigenvalue weighted by molar-refractivity contribution is -0.132. The van der Waals surface area contributed by atoms with Crippen molar-refractivity contribution in [2.75, 3.05) is 18.8 Å². The second-order valence-electron chi connectivity index (χ2n) is 6.39. The van der Waals surface area contributed by atoms with Crippen LogP contribution < -0.4 is 5.73 Å². The Kier molecular flexibility index (Phi) is 5.92. The minimum Gasteiger partial charge on any atom is -0.369 e. The van der Waals surface area contributed by atoms with Gasteiger partial charge in [0.25, 0.3) is 0 Å². The Balaban J connectivity index is 1.55. The Labute approximate surface area is 156 Å². The molecule has 26 heavy (non-hydrogen) atoms. The first-order valence-electron chi connectivity index (χ1n) is 8.78. The average molecular weight is 373 g/mol. The molecule has 0 radical (unpaired) electrons. The van der Waals surface area contributed by atoms with Gasteiger partial charge in [0.05, 0.1) is 11.7 Å². The van der Waals surface area contributed by atoms with Gasteiger partial charge in [-0.25, -0.2) is 4.98 Å². The van der Waals surface area contributed by atoms with Gasteiger partial charge in [0.1, 0.15) is 0 Å². The molecular formula is C18H23N5O2S. The number of nitrogens with one attached hydrogen (secondary N) is 1. The quantitative estimate of drug-likeness (QED) is 0.752.